The molecule has 4 nitrogen and oxygen atoms in total. The van der Waals surface area contributed by atoms with E-state index in [1.807, 2.05) is 12.2 Å². The molecule has 0 aromatic heterocycles. The minimum absolute atomic E-state index is 0.00701. The zero-order valence-corrected chi connectivity index (χ0v) is 10.8. The summed E-state index contributed by atoms with van der Waals surface area (Å²) in [5.41, 5.74) is 0.855. The van der Waals surface area contributed by atoms with E-state index < -0.39 is 5.79 Å². The van der Waals surface area contributed by atoms with Gasteiger partial charge in [0.05, 0.1) is 25.4 Å². The number of ketones is 1. The van der Waals surface area contributed by atoms with Crippen molar-refractivity contribution < 1.29 is 19.0 Å². The van der Waals surface area contributed by atoms with Crippen molar-refractivity contribution in [1.29, 1.82) is 0 Å². The van der Waals surface area contributed by atoms with Crippen molar-refractivity contribution in [3.8, 4) is 0 Å². The fourth-order valence-corrected chi connectivity index (χ4v) is 3.72. The van der Waals surface area contributed by atoms with Gasteiger partial charge in [0.1, 0.15) is 0 Å². The van der Waals surface area contributed by atoms with Gasteiger partial charge in [0.25, 0.3) is 0 Å². The van der Waals surface area contributed by atoms with Gasteiger partial charge in [-0.15, -0.1) is 0 Å². The fourth-order valence-electron chi connectivity index (χ4n) is 3.72. The summed E-state index contributed by atoms with van der Waals surface area (Å²) < 4.78 is 17.7. The van der Waals surface area contributed by atoms with Crippen molar-refractivity contribution in [3.05, 3.63) is 23.8 Å². The molecular formula is C15H18O4. The highest BCUT2D eigenvalue weighted by Crippen LogP contribution is 2.44. The molecule has 0 aromatic rings. The predicted molar refractivity (Wildman–Crippen MR) is 67.5 cm³/mol. The Bertz CT molecular complexity index is 459. The van der Waals surface area contributed by atoms with Gasteiger partial charge in [0.15, 0.2) is 11.6 Å². The second kappa shape index (κ2) is 4.27. The lowest BCUT2D eigenvalue weighted by Gasteiger charge is -2.45. The number of ether oxygens (including phenoxy) is 3. The molecule has 0 bridgehead atoms. The van der Waals surface area contributed by atoms with Crippen LogP contribution in [0.4, 0.5) is 0 Å². The maximum Gasteiger partial charge on any atom is 0.171 e. The lowest BCUT2D eigenvalue weighted by atomic mass is 9.74. The van der Waals surface area contributed by atoms with E-state index in [-0.39, 0.29) is 23.9 Å². The predicted octanol–water partition coefficient (Wildman–Crippen LogP) is 1.75. The van der Waals surface area contributed by atoms with E-state index in [0.29, 0.717) is 19.6 Å². The van der Waals surface area contributed by atoms with E-state index in [9.17, 15) is 4.79 Å². The van der Waals surface area contributed by atoms with Crippen LogP contribution in [0.25, 0.3) is 0 Å². The quantitative estimate of drug-likeness (QED) is 0.667. The third kappa shape index (κ3) is 1.82. The number of fused-ring (bicyclic) bond motifs is 2. The number of carbonyl (C=O) groups is 1. The first kappa shape index (κ1) is 11.8. The zero-order valence-electron chi connectivity index (χ0n) is 10.8. The van der Waals surface area contributed by atoms with Crippen LogP contribution in [-0.2, 0) is 19.0 Å². The van der Waals surface area contributed by atoms with Gasteiger partial charge < -0.3 is 14.2 Å². The maximum absolute atomic E-state index is 12.5. The lowest BCUT2D eigenvalue weighted by molar-refractivity contribution is -0.220. The summed E-state index contributed by atoms with van der Waals surface area (Å²) in [6.07, 6.45) is 8.92. The number of Topliss-reactive ketones (excluding diaryl/α,β-unsaturated/α-hetero) is 1. The van der Waals surface area contributed by atoms with E-state index in [1.165, 1.54) is 0 Å². The number of rotatable bonds is 0. The van der Waals surface area contributed by atoms with Crippen LogP contribution < -0.4 is 0 Å². The number of carbonyl (C=O) groups excluding carboxylic acids is 1. The smallest absolute Gasteiger partial charge is 0.171 e. The van der Waals surface area contributed by atoms with Crippen LogP contribution in [0.5, 0.6) is 0 Å². The Hall–Kier alpha value is -0.970. The first-order valence-corrected chi connectivity index (χ1v) is 7.12. The highest BCUT2D eigenvalue weighted by atomic mass is 16.7. The summed E-state index contributed by atoms with van der Waals surface area (Å²) in [5, 5.41) is 0. The molecule has 4 rings (SSSR count). The molecule has 19 heavy (non-hydrogen) atoms. The van der Waals surface area contributed by atoms with Crippen LogP contribution in [0.1, 0.15) is 25.7 Å². The third-order valence-electron chi connectivity index (χ3n) is 4.68. The highest BCUT2D eigenvalue weighted by molar-refractivity contribution is 5.99. The summed E-state index contributed by atoms with van der Waals surface area (Å²) in [5.74, 6) is -0.210. The first-order chi connectivity index (χ1) is 9.27. The summed E-state index contributed by atoms with van der Waals surface area (Å²) >= 11 is 0. The number of hydrogen-bond acceptors (Lipinski definition) is 4. The molecular weight excluding hydrogens is 244 g/mol. The van der Waals surface area contributed by atoms with Crippen LogP contribution in [0, 0.1) is 5.92 Å². The number of hydrogen-bond donors (Lipinski definition) is 0. The second-order valence-corrected chi connectivity index (χ2v) is 5.77. The molecule has 2 aliphatic heterocycles. The van der Waals surface area contributed by atoms with Crippen molar-refractivity contribution in [1.82, 2.24) is 0 Å². The largest absolute Gasteiger partial charge is 0.369 e. The molecule has 102 valence electrons. The molecule has 0 N–H and O–H groups in total. The molecule has 3 unspecified atom stereocenters. The Kier molecular flexibility index (Phi) is 2.65. The molecule has 4 aliphatic rings. The van der Waals surface area contributed by atoms with E-state index >= 15 is 0 Å². The molecule has 3 atom stereocenters. The molecule has 0 aromatic carbocycles. The molecule has 2 aliphatic carbocycles. The monoisotopic (exact) mass is 262 g/mol. The Morgan fingerprint density at radius 1 is 1.26 bits per heavy atom. The van der Waals surface area contributed by atoms with Crippen molar-refractivity contribution in [3.63, 3.8) is 0 Å². The van der Waals surface area contributed by atoms with Crippen LogP contribution in [-0.4, -0.2) is 37.0 Å². The van der Waals surface area contributed by atoms with Crippen molar-refractivity contribution in [2.45, 2.75) is 43.7 Å². The fraction of sp³-hybridized carbons (Fsp3) is 0.667. The Morgan fingerprint density at radius 2 is 2.11 bits per heavy atom. The van der Waals surface area contributed by atoms with Crippen molar-refractivity contribution in [2.24, 2.45) is 5.92 Å². The van der Waals surface area contributed by atoms with Gasteiger partial charge in [0, 0.05) is 24.3 Å². The molecule has 4 heteroatoms. The van der Waals surface area contributed by atoms with Gasteiger partial charge in [-0.1, -0.05) is 18.2 Å². The molecule has 1 spiro atoms. The third-order valence-corrected chi connectivity index (χ3v) is 4.68. The highest BCUT2D eigenvalue weighted by Gasteiger charge is 2.51. The van der Waals surface area contributed by atoms with E-state index in [0.717, 1.165) is 24.8 Å². The summed E-state index contributed by atoms with van der Waals surface area (Å²) in [4.78, 5) is 12.5. The average molecular weight is 262 g/mol. The average Bonchev–Trinajstić information content (AvgIpc) is 2.87. The van der Waals surface area contributed by atoms with E-state index in [4.69, 9.17) is 14.2 Å². The molecule has 2 heterocycles. The van der Waals surface area contributed by atoms with Crippen LogP contribution in [0.2, 0.25) is 0 Å². The number of allylic oxidation sites excluding steroid dienone is 2. The normalized spacial score (nSPS) is 39.9. The van der Waals surface area contributed by atoms with Gasteiger partial charge in [-0.3, -0.25) is 4.79 Å². The van der Waals surface area contributed by atoms with Crippen molar-refractivity contribution >= 4 is 5.78 Å². The topological polar surface area (TPSA) is 44.8 Å². The molecule has 2 saturated heterocycles. The first-order valence-electron chi connectivity index (χ1n) is 7.12. The Labute approximate surface area is 112 Å². The van der Waals surface area contributed by atoms with Gasteiger partial charge in [-0.25, -0.2) is 0 Å². The maximum atomic E-state index is 12.5. The molecule has 3 fully saturated rings. The van der Waals surface area contributed by atoms with Crippen LogP contribution in [0.3, 0.4) is 0 Å². The lowest BCUT2D eigenvalue weighted by Crippen LogP contribution is -2.52. The van der Waals surface area contributed by atoms with Gasteiger partial charge in [-0.05, 0) is 12.8 Å². The molecule has 0 amide bonds. The minimum atomic E-state index is -0.479. The Morgan fingerprint density at radius 3 is 2.95 bits per heavy atom. The summed E-state index contributed by atoms with van der Waals surface area (Å²) in [6.45, 7) is 1.31. The van der Waals surface area contributed by atoms with Gasteiger partial charge in [0.2, 0.25) is 0 Å². The Balaban J connectivity index is 1.59. The second-order valence-electron chi connectivity index (χ2n) is 5.77. The van der Waals surface area contributed by atoms with Gasteiger partial charge in [-0.2, -0.15) is 0 Å². The van der Waals surface area contributed by atoms with Crippen LogP contribution >= 0.6 is 0 Å². The zero-order chi connectivity index (χ0) is 12.9. The molecule has 0 radical (unpaired) electrons. The summed E-state index contributed by atoms with van der Waals surface area (Å²) in [6, 6.07) is 0. The van der Waals surface area contributed by atoms with Gasteiger partial charge >= 0.3 is 0 Å². The van der Waals surface area contributed by atoms with Crippen molar-refractivity contribution in [2.75, 3.05) is 13.2 Å². The SMILES string of the molecule is O=C1C2=CC=CCC2OC2CC3(CCC12)OCCO3. The molecule has 1 saturated carbocycles. The van der Waals surface area contributed by atoms with E-state index in [1.54, 1.807) is 0 Å². The van der Waals surface area contributed by atoms with E-state index in [2.05, 4.69) is 6.08 Å². The minimum Gasteiger partial charge on any atom is -0.369 e. The summed E-state index contributed by atoms with van der Waals surface area (Å²) in [7, 11) is 0. The van der Waals surface area contributed by atoms with Crippen LogP contribution in [0.15, 0.2) is 23.8 Å². The standard InChI is InChI=1S/C15H18O4/c16-14-10-3-1-2-4-12(10)19-13-9-15(6-5-11(13)14)17-7-8-18-15/h1-3,11-13H,4-9H2.